The van der Waals surface area contributed by atoms with Crippen LogP contribution in [0.5, 0.6) is 5.75 Å². The van der Waals surface area contributed by atoms with E-state index in [0.717, 1.165) is 34.2 Å². The fourth-order valence-electron chi connectivity index (χ4n) is 3.46. The average molecular weight is 432 g/mol. The zero-order chi connectivity index (χ0) is 22.2. The van der Waals surface area contributed by atoms with Crippen molar-refractivity contribution in [3.8, 4) is 5.75 Å². The molecule has 2 aliphatic heterocycles. The van der Waals surface area contributed by atoms with Gasteiger partial charge in [0, 0.05) is 30.6 Å². The summed E-state index contributed by atoms with van der Waals surface area (Å²) >= 11 is 0. The largest absolute Gasteiger partial charge is 0.493 e. The molecule has 3 aromatic rings. The topological polar surface area (TPSA) is 99.4 Å². The Hall–Kier alpha value is -3.40. The summed E-state index contributed by atoms with van der Waals surface area (Å²) in [5, 5.41) is 3.40. The molecule has 0 aliphatic carbocycles. The summed E-state index contributed by atoms with van der Waals surface area (Å²) in [5.41, 5.74) is 9.00. The van der Waals surface area contributed by atoms with Gasteiger partial charge in [-0.05, 0) is 29.3 Å². The minimum absolute atomic E-state index is 0.172. The van der Waals surface area contributed by atoms with Crippen molar-refractivity contribution in [1.29, 1.82) is 0 Å². The van der Waals surface area contributed by atoms with Gasteiger partial charge in [0.05, 0.1) is 30.9 Å². The second-order valence-electron chi connectivity index (χ2n) is 7.04. The molecule has 0 saturated carbocycles. The van der Waals surface area contributed by atoms with Gasteiger partial charge < -0.3 is 20.5 Å². The lowest BCUT2D eigenvalue weighted by molar-refractivity contribution is -0.137. The Labute approximate surface area is 175 Å². The van der Waals surface area contributed by atoms with E-state index in [0.29, 0.717) is 49.0 Å². The van der Waals surface area contributed by atoms with Gasteiger partial charge in [0.1, 0.15) is 11.6 Å². The third-order valence-electron chi connectivity index (χ3n) is 5.10. The van der Waals surface area contributed by atoms with Gasteiger partial charge in [-0.25, -0.2) is 9.97 Å². The molecule has 0 fully saturated rings. The van der Waals surface area contributed by atoms with E-state index in [4.69, 9.17) is 15.2 Å². The predicted molar refractivity (Wildman–Crippen MR) is 106 cm³/mol. The van der Waals surface area contributed by atoms with E-state index < -0.39 is 11.7 Å². The molecule has 3 N–H and O–H groups in total. The maximum absolute atomic E-state index is 12.2. The van der Waals surface area contributed by atoms with Gasteiger partial charge >= 0.3 is 6.18 Å². The van der Waals surface area contributed by atoms with Crippen LogP contribution >= 0.6 is 0 Å². The minimum Gasteiger partial charge on any atom is -0.493 e. The zero-order valence-corrected chi connectivity index (χ0v) is 16.5. The first-order valence-corrected chi connectivity index (χ1v) is 9.47. The standard InChI is InChI=1S/C12H12N4O2.C9H7F3O/c1-14-12(17)6-2-7-8-4-18-5-9(8)10(13)16-11(7)15-3-6;10-9(11,12)7-2-1-6-3-4-13-8(6)5-7/h2-3H,4-5H2,1H3,(H,14,17)(H2,13,15,16);1-2,5H,3-4H2. The smallest absolute Gasteiger partial charge is 0.416 e. The first-order valence-electron chi connectivity index (χ1n) is 9.47. The van der Waals surface area contributed by atoms with E-state index in [1.54, 1.807) is 13.1 Å². The van der Waals surface area contributed by atoms with Crippen LogP contribution in [0, 0.1) is 0 Å². The number of nitrogens with one attached hydrogen (secondary N) is 1. The highest BCUT2D eigenvalue weighted by molar-refractivity contribution is 5.97. The van der Waals surface area contributed by atoms with E-state index in [-0.39, 0.29) is 5.91 Å². The molecular formula is C21H19F3N4O3. The fourth-order valence-corrected chi connectivity index (χ4v) is 3.46. The minimum atomic E-state index is -4.28. The maximum Gasteiger partial charge on any atom is 0.416 e. The van der Waals surface area contributed by atoms with E-state index >= 15 is 0 Å². The van der Waals surface area contributed by atoms with E-state index in [1.165, 1.54) is 12.3 Å². The van der Waals surface area contributed by atoms with Gasteiger partial charge in [-0.3, -0.25) is 4.79 Å². The number of rotatable bonds is 1. The molecule has 2 aliphatic rings. The van der Waals surface area contributed by atoms with Crippen molar-refractivity contribution in [1.82, 2.24) is 15.3 Å². The van der Waals surface area contributed by atoms with Crippen LogP contribution in [-0.4, -0.2) is 29.5 Å². The summed E-state index contributed by atoms with van der Waals surface area (Å²) < 4.78 is 47.0. The summed E-state index contributed by atoms with van der Waals surface area (Å²) in [7, 11) is 1.58. The Morgan fingerprint density at radius 3 is 2.71 bits per heavy atom. The number of carbonyl (C=O) groups excluding carboxylic acids is 1. The molecule has 1 aromatic carbocycles. The van der Waals surface area contributed by atoms with Crippen LogP contribution in [0.1, 0.15) is 32.6 Å². The summed E-state index contributed by atoms with van der Waals surface area (Å²) in [6.07, 6.45) is -2.08. The molecule has 31 heavy (non-hydrogen) atoms. The second kappa shape index (κ2) is 8.03. The van der Waals surface area contributed by atoms with Gasteiger partial charge in [-0.1, -0.05) is 6.07 Å². The number of hydrogen-bond acceptors (Lipinski definition) is 6. The normalized spacial score (nSPS) is 14.3. The number of aromatic nitrogens is 2. The molecule has 0 atom stereocenters. The first kappa shape index (κ1) is 20.9. The number of nitrogens with two attached hydrogens (primary N) is 1. The van der Waals surface area contributed by atoms with Gasteiger partial charge in [-0.2, -0.15) is 13.2 Å². The lowest BCUT2D eigenvalue weighted by Gasteiger charge is -2.07. The number of nitrogens with zero attached hydrogens (tertiary/aromatic N) is 2. The maximum atomic E-state index is 12.2. The Morgan fingerprint density at radius 2 is 1.97 bits per heavy atom. The Bertz CT molecular complexity index is 1160. The summed E-state index contributed by atoms with van der Waals surface area (Å²) in [4.78, 5) is 20.0. The Morgan fingerprint density at radius 1 is 1.19 bits per heavy atom. The van der Waals surface area contributed by atoms with Crippen molar-refractivity contribution in [2.24, 2.45) is 0 Å². The van der Waals surface area contributed by atoms with Crippen molar-refractivity contribution >= 4 is 22.8 Å². The van der Waals surface area contributed by atoms with E-state index in [1.807, 2.05) is 0 Å². The zero-order valence-electron chi connectivity index (χ0n) is 16.5. The van der Waals surface area contributed by atoms with Crippen molar-refractivity contribution in [2.45, 2.75) is 25.8 Å². The molecular weight excluding hydrogens is 413 g/mol. The van der Waals surface area contributed by atoms with Crippen LogP contribution in [0.3, 0.4) is 0 Å². The lowest BCUT2D eigenvalue weighted by atomic mass is 10.1. The van der Waals surface area contributed by atoms with Gasteiger partial charge in [0.2, 0.25) is 0 Å². The molecule has 10 heteroatoms. The molecule has 7 nitrogen and oxygen atoms in total. The highest BCUT2D eigenvalue weighted by Gasteiger charge is 2.31. The van der Waals surface area contributed by atoms with Gasteiger partial charge in [-0.15, -0.1) is 0 Å². The molecule has 5 rings (SSSR count). The molecule has 0 bridgehead atoms. The predicted octanol–water partition coefficient (Wildman–Crippen LogP) is 3.24. The number of anilines is 1. The molecule has 162 valence electrons. The average Bonchev–Trinajstić information content (AvgIpc) is 3.42. The molecule has 0 spiro atoms. The molecule has 4 heterocycles. The van der Waals surface area contributed by atoms with Crippen LogP contribution in [0.2, 0.25) is 0 Å². The summed E-state index contributed by atoms with van der Waals surface area (Å²) in [6.45, 7) is 1.43. The lowest BCUT2D eigenvalue weighted by Crippen LogP contribution is -2.18. The van der Waals surface area contributed by atoms with Crippen LogP contribution in [0.4, 0.5) is 19.0 Å². The Balaban J connectivity index is 0.000000158. The third kappa shape index (κ3) is 4.11. The van der Waals surface area contributed by atoms with E-state index in [2.05, 4.69) is 15.3 Å². The SMILES string of the molecule is CNC(=O)c1cnc2nc(N)c3c(c2c1)COC3.FC(F)(F)c1ccc2c(c1)OCC2. The highest BCUT2D eigenvalue weighted by Crippen LogP contribution is 2.35. The number of fused-ring (bicyclic) bond motifs is 4. The van der Waals surface area contributed by atoms with Crippen molar-refractivity contribution in [3.63, 3.8) is 0 Å². The van der Waals surface area contributed by atoms with Crippen LogP contribution in [0.25, 0.3) is 11.0 Å². The van der Waals surface area contributed by atoms with Crippen molar-refractivity contribution < 1.29 is 27.4 Å². The molecule has 0 unspecified atom stereocenters. The third-order valence-corrected chi connectivity index (χ3v) is 5.10. The molecule has 1 amide bonds. The second-order valence-corrected chi connectivity index (χ2v) is 7.04. The number of pyridine rings is 2. The number of benzene rings is 1. The number of hydrogen-bond donors (Lipinski definition) is 2. The van der Waals surface area contributed by atoms with Crippen LogP contribution in [-0.2, 0) is 30.5 Å². The number of ether oxygens (including phenoxy) is 2. The number of alkyl halides is 3. The van der Waals surface area contributed by atoms with E-state index in [9.17, 15) is 18.0 Å². The summed E-state index contributed by atoms with van der Waals surface area (Å²) in [5.74, 6) is 0.652. The number of carbonyl (C=O) groups is 1. The summed E-state index contributed by atoms with van der Waals surface area (Å²) in [6, 6.07) is 5.40. The number of amides is 1. The first-order chi connectivity index (χ1) is 14.8. The molecule has 0 saturated heterocycles. The number of nitrogen functional groups attached to an aromatic ring is 1. The monoisotopic (exact) mass is 432 g/mol. The fraction of sp³-hybridized carbons (Fsp3) is 0.286. The van der Waals surface area contributed by atoms with Gasteiger partial charge in [0.25, 0.3) is 5.91 Å². The molecule has 2 aromatic heterocycles. The number of halogens is 3. The van der Waals surface area contributed by atoms with Crippen molar-refractivity contribution in [2.75, 3.05) is 19.4 Å². The van der Waals surface area contributed by atoms with Crippen molar-refractivity contribution in [3.05, 3.63) is 58.3 Å². The van der Waals surface area contributed by atoms with Crippen LogP contribution < -0.4 is 15.8 Å². The Kier molecular flexibility index (Phi) is 5.40. The quantitative estimate of drug-likeness (QED) is 0.613. The molecule has 0 radical (unpaired) electrons. The van der Waals surface area contributed by atoms with Crippen LogP contribution in [0.15, 0.2) is 30.5 Å². The van der Waals surface area contributed by atoms with Gasteiger partial charge in [0.15, 0.2) is 5.65 Å². The highest BCUT2D eigenvalue weighted by atomic mass is 19.4.